The van der Waals surface area contributed by atoms with Crippen LogP contribution in [0.5, 0.6) is 0 Å². The largest absolute Gasteiger partial charge is 0.320 e. The summed E-state index contributed by atoms with van der Waals surface area (Å²) in [5, 5.41) is 9.14. The van der Waals surface area contributed by atoms with E-state index in [-0.39, 0.29) is 5.91 Å². The van der Waals surface area contributed by atoms with Crippen molar-refractivity contribution in [2.24, 2.45) is 5.73 Å². The van der Waals surface area contributed by atoms with Gasteiger partial charge in [0.25, 0.3) is 5.91 Å². The number of nitrogens with two attached hydrogens (primary N) is 1. The maximum Gasteiger partial charge on any atom is 0.255 e. The first-order valence-electron chi connectivity index (χ1n) is 5.80. The van der Waals surface area contributed by atoms with Crippen LogP contribution in [0.15, 0.2) is 30.6 Å². The Morgan fingerprint density at radius 3 is 3.00 bits per heavy atom. The lowest BCUT2D eigenvalue weighted by atomic mass is 10.0. The molecule has 1 heterocycles. The highest BCUT2D eigenvalue weighted by Gasteiger charge is 2.07. The van der Waals surface area contributed by atoms with E-state index in [0.29, 0.717) is 17.8 Å². The van der Waals surface area contributed by atoms with E-state index < -0.39 is 0 Å². The van der Waals surface area contributed by atoms with Crippen molar-refractivity contribution < 1.29 is 4.79 Å². The summed E-state index contributed by atoms with van der Waals surface area (Å²) in [5.41, 5.74) is 8.37. The second-order valence-electron chi connectivity index (χ2n) is 3.98. The average Bonchev–Trinajstić information content (AvgIpc) is 2.90. The molecular formula is C14H14N4O. The van der Waals surface area contributed by atoms with E-state index in [4.69, 9.17) is 5.73 Å². The summed E-state index contributed by atoms with van der Waals surface area (Å²) in [6, 6.07) is 5.36. The number of nitrogens with one attached hydrogen (secondary N) is 2. The Hall–Kier alpha value is -2.58. The highest BCUT2D eigenvalue weighted by atomic mass is 16.1. The summed E-state index contributed by atoms with van der Waals surface area (Å²) in [6.07, 6.45) is 3.16. The molecule has 96 valence electrons. The number of H-pyrrole nitrogens is 1. The molecule has 0 atom stereocenters. The van der Waals surface area contributed by atoms with Gasteiger partial charge in [-0.15, -0.1) is 0 Å². The number of aromatic amines is 1. The molecule has 1 aromatic heterocycles. The number of hydrogen-bond donors (Lipinski definition) is 3. The Morgan fingerprint density at radius 2 is 2.37 bits per heavy atom. The number of rotatable bonds is 2. The van der Waals surface area contributed by atoms with Crippen molar-refractivity contribution >= 4 is 11.6 Å². The van der Waals surface area contributed by atoms with Gasteiger partial charge < -0.3 is 11.1 Å². The minimum absolute atomic E-state index is 0.178. The molecule has 0 fully saturated rings. The molecule has 0 saturated heterocycles. The first kappa shape index (κ1) is 12.9. The molecule has 0 aliphatic carbocycles. The Kier molecular flexibility index (Phi) is 3.96. The van der Waals surface area contributed by atoms with Crippen LogP contribution in [0.25, 0.3) is 0 Å². The van der Waals surface area contributed by atoms with E-state index in [1.54, 1.807) is 24.5 Å². The fraction of sp³-hybridized carbons (Fsp3) is 0.143. The summed E-state index contributed by atoms with van der Waals surface area (Å²) >= 11 is 0. The van der Waals surface area contributed by atoms with Crippen molar-refractivity contribution in [2.75, 3.05) is 11.9 Å². The predicted molar refractivity (Wildman–Crippen MR) is 73.7 cm³/mol. The van der Waals surface area contributed by atoms with Gasteiger partial charge in [-0.05, 0) is 30.7 Å². The van der Waals surface area contributed by atoms with Crippen molar-refractivity contribution in [3.63, 3.8) is 0 Å². The molecule has 0 unspecified atom stereocenters. The molecule has 2 aromatic rings. The first-order valence-corrected chi connectivity index (χ1v) is 5.80. The van der Waals surface area contributed by atoms with Crippen LogP contribution in [0.3, 0.4) is 0 Å². The molecule has 0 bridgehead atoms. The van der Waals surface area contributed by atoms with Crippen LogP contribution >= 0.6 is 0 Å². The third-order valence-corrected chi connectivity index (χ3v) is 2.57. The Labute approximate surface area is 111 Å². The van der Waals surface area contributed by atoms with Crippen LogP contribution in [0.1, 0.15) is 21.5 Å². The minimum atomic E-state index is -0.178. The lowest BCUT2D eigenvalue weighted by Crippen LogP contribution is -2.11. The van der Waals surface area contributed by atoms with Gasteiger partial charge in [-0.1, -0.05) is 11.8 Å². The maximum atomic E-state index is 12.0. The summed E-state index contributed by atoms with van der Waals surface area (Å²) in [5.74, 6) is 5.58. The molecule has 2 rings (SSSR count). The molecule has 5 nitrogen and oxygen atoms in total. The molecule has 0 radical (unpaired) electrons. The van der Waals surface area contributed by atoms with Crippen molar-refractivity contribution in [1.29, 1.82) is 0 Å². The Morgan fingerprint density at radius 1 is 1.53 bits per heavy atom. The van der Waals surface area contributed by atoms with E-state index in [1.165, 1.54) is 0 Å². The monoisotopic (exact) mass is 254 g/mol. The number of carbonyl (C=O) groups is 1. The van der Waals surface area contributed by atoms with Crippen LogP contribution in [0.2, 0.25) is 0 Å². The van der Waals surface area contributed by atoms with E-state index in [0.717, 1.165) is 11.1 Å². The lowest BCUT2D eigenvalue weighted by molar-refractivity contribution is 0.102. The number of benzene rings is 1. The van der Waals surface area contributed by atoms with Gasteiger partial charge in [0.05, 0.1) is 18.4 Å². The van der Waals surface area contributed by atoms with Crippen molar-refractivity contribution in [3.05, 3.63) is 47.3 Å². The van der Waals surface area contributed by atoms with Crippen molar-refractivity contribution in [1.82, 2.24) is 10.2 Å². The molecule has 0 saturated carbocycles. The van der Waals surface area contributed by atoms with Crippen molar-refractivity contribution in [2.45, 2.75) is 6.92 Å². The maximum absolute atomic E-state index is 12.0. The fourth-order valence-corrected chi connectivity index (χ4v) is 1.61. The molecule has 19 heavy (non-hydrogen) atoms. The number of carbonyl (C=O) groups excluding carboxylic acids is 1. The number of aromatic nitrogens is 2. The zero-order valence-electron chi connectivity index (χ0n) is 10.5. The van der Waals surface area contributed by atoms with E-state index in [1.807, 2.05) is 13.0 Å². The number of anilines is 1. The molecular weight excluding hydrogens is 240 g/mol. The van der Waals surface area contributed by atoms with Crippen LogP contribution in [0, 0.1) is 18.8 Å². The average molecular weight is 254 g/mol. The lowest BCUT2D eigenvalue weighted by Gasteiger charge is -2.05. The highest BCUT2D eigenvalue weighted by molar-refractivity contribution is 6.04. The standard InChI is InChI=1S/C14H14N4O/c1-10-7-12(5-4-11(10)3-2-6-15)14(19)18-13-8-16-17-9-13/h4-5,7-9H,6,15H2,1H3,(H,16,17)(H,18,19). The van der Waals surface area contributed by atoms with Gasteiger partial charge in [-0.2, -0.15) is 5.10 Å². The van der Waals surface area contributed by atoms with Crippen LogP contribution in [0.4, 0.5) is 5.69 Å². The second-order valence-corrected chi connectivity index (χ2v) is 3.98. The van der Waals surface area contributed by atoms with Crippen LogP contribution in [-0.4, -0.2) is 22.6 Å². The molecule has 0 aliphatic heterocycles. The summed E-state index contributed by atoms with van der Waals surface area (Å²) in [4.78, 5) is 12.0. The topological polar surface area (TPSA) is 83.8 Å². The molecule has 0 spiro atoms. The quantitative estimate of drug-likeness (QED) is 0.706. The molecule has 1 aromatic carbocycles. The zero-order chi connectivity index (χ0) is 13.7. The van der Waals surface area contributed by atoms with Gasteiger partial charge in [-0.25, -0.2) is 0 Å². The molecule has 4 N–H and O–H groups in total. The zero-order valence-corrected chi connectivity index (χ0v) is 10.5. The fourth-order valence-electron chi connectivity index (χ4n) is 1.61. The second kappa shape index (κ2) is 5.85. The summed E-state index contributed by atoms with van der Waals surface area (Å²) in [7, 11) is 0. The van der Waals surface area contributed by atoms with Gasteiger partial charge in [-0.3, -0.25) is 9.89 Å². The van der Waals surface area contributed by atoms with Crippen LogP contribution in [-0.2, 0) is 0 Å². The van der Waals surface area contributed by atoms with Crippen LogP contribution < -0.4 is 11.1 Å². The normalized spacial score (nSPS) is 9.58. The smallest absolute Gasteiger partial charge is 0.255 e. The van der Waals surface area contributed by atoms with Gasteiger partial charge >= 0.3 is 0 Å². The number of nitrogens with zero attached hydrogens (tertiary/aromatic N) is 1. The SMILES string of the molecule is Cc1cc(C(=O)Nc2cn[nH]c2)ccc1C#CCN. The Balaban J connectivity index is 2.17. The van der Waals surface area contributed by atoms with E-state index in [2.05, 4.69) is 27.4 Å². The van der Waals surface area contributed by atoms with Gasteiger partial charge in [0.2, 0.25) is 0 Å². The summed E-state index contributed by atoms with van der Waals surface area (Å²) < 4.78 is 0. The van der Waals surface area contributed by atoms with E-state index in [9.17, 15) is 4.79 Å². The third-order valence-electron chi connectivity index (χ3n) is 2.57. The van der Waals surface area contributed by atoms with E-state index >= 15 is 0 Å². The predicted octanol–water partition coefficient (Wildman–Crippen LogP) is 1.28. The molecule has 5 heteroatoms. The van der Waals surface area contributed by atoms with Gasteiger partial charge in [0, 0.05) is 17.3 Å². The Bertz CT molecular complexity index is 635. The highest BCUT2D eigenvalue weighted by Crippen LogP contribution is 2.12. The van der Waals surface area contributed by atoms with Gasteiger partial charge in [0.1, 0.15) is 0 Å². The first-order chi connectivity index (χ1) is 9.20. The van der Waals surface area contributed by atoms with Crippen molar-refractivity contribution in [3.8, 4) is 11.8 Å². The third kappa shape index (κ3) is 3.21. The number of aryl methyl sites for hydroxylation is 1. The molecule has 0 aliphatic rings. The minimum Gasteiger partial charge on any atom is -0.320 e. The van der Waals surface area contributed by atoms with Gasteiger partial charge in [0.15, 0.2) is 0 Å². The summed E-state index contributed by atoms with van der Waals surface area (Å²) in [6.45, 7) is 2.23. The molecule has 1 amide bonds. The number of amides is 1. The number of hydrogen-bond acceptors (Lipinski definition) is 3.